The molecule has 110 valence electrons. The minimum absolute atomic E-state index is 0.148. The van der Waals surface area contributed by atoms with Gasteiger partial charge in [-0.3, -0.25) is 0 Å². The van der Waals surface area contributed by atoms with E-state index in [1.807, 2.05) is 30.3 Å². The monoisotopic (exact) mass is 304 g/mol. The Morgan fingerprint density at radius 1 is 1.24 bits per heavy atom. The van der Waals surface area contributed by atoms with Crippen LogP contribution in [0.5, 0.6) is 5.75 Å². The molecule has 2 aromatic rings. The van der Waals surface area contributed by atoms with Gasteiger partial charge in [-0.15, -0.1) is 0 Å². The zero-order valence-corrected chi connectivity index (χ0v) is 12.5. The van der Waals surface area contributed by atoms with Crippen LogP contribution in [-0.2, 0) is 11.3 Å². The highest BCUT2D eigenvalue weighted by Crippen LogP contribution is 2.41. The zero-order chi connectivity index (χ0) is 14.8. The topological polar surface area (TPSA) is 38.7 Å². The summed E-state index contributed by atoms with van der Waals surface area (Å²) < 4.78 is 11.1. The average Bonchev–Trinajstić information content (AvgIpc) is 2.49. The molecule has 0 radical (unpaired) electrons. The van der Waals surface area contributed by atoms with Crippen molar-refractivity contribution >= 4 is 11.6 Å². The molecule has 21 heavy (non-hydrogen) atoms. The first kappa shape index (κ1) is 14.4. The van der Waals surface area contributed by atoms with Gasteiger partial charge in [0.1, 0.15) is 11.9 Å². The number of ether oxygens (including phenoxy) is 2. The van der Waals surface area contributed by atoms with Gasteiger partial charge in [0, 0.05) is 24.1 Å². The quantitative estimate of drug-likeness (QED) is 0.930. The van der Waals surface area contributed by atoms with E-state index in [-0.39, 0.29) is 6.10 Å². The molecular weight excluding hydrogens is 288 g/mol. The SMILES string of the molecule is COCc1ccc(C2C[C@H](O)c3cc(Cl)ccc3O2)cc1. The predicted octanol–water partition coefficient (Wildman–Crippen LogP) is 4.04. The van der Waals surface area contributed by atoms with Gasteiger partial charge in [0.15, 0.2) is 0 Å². The van der Waals surface area contributed by atoms with Crippen molar-refractivity contribution in [3.63, 3.8) is 0 Å². The van der Waals surface area contributed by atoms with Gasteiger partial charge in [-0.05, 0) is 29.3 Å². The van der Waals surface area contributed by atoms with E-state index in [1.54, 1.807) is 19.2 Å². The van der Waals surface area contributed by atoms with E-state index in [1.165, 1.54) is 0 Å². The molecule has 0 aliphatic carbocycles. The molecular formula is C17H17ClO3. The van der Waals surface area contributed by atoms with E-state index in [0.717, 1.165) is 16.7 Å². The third kappa shape index (κ3) is 3.05. The molecule has 0 saturated carbocycles. The highest BCUT2D eigenvalue weighted by atomic mass is 35.5. The third-order valence-corrected chi connectivity index (χ3v) is 3.94. The maximum atomic E-state index is 10.3. The zero-order valence-electron chi connectivity index (χ0n) is 11.8. The van der Waals surface area contributed by atoms with Crippen molar-refractivity contribution in [2.75, 3.05) is 7.11 Å². The second kappa shape index (κ2) is 6.06. The predicted molar refractivity (Wildman–Crippen MR) is 81.6 cm³/mol. The first-order chi connectivity index (χ1) is 10.2. The summed E-state index contributed by atoms with van der Waals surface area (Å²) >= 11 is 5.96. The van der Waals surface area contributed by atoms with E-state index in [2.05, 4.69) is 0 Å². The van der Waals surface area contributed by atoms with Crippen LogP contribution in [0.3, 0.4) is 0 Å². The molecule has 1 aliphatic heterocycles. The maximum Gasteiger partial charge on any atom is 0.127 e. The van der Waals surface area contributed by atoms with Gasteiger partial charge >= 0.3 is 0 Å². The Balaban J connectivity index is 1.83. The van der Waals surface area contributed by atoms with Crippen LogP contribution < -0.4 is 4.74 Å². The number of benzene rings is 2. The van der Waals surface area contributed by atoms with Gasteiger partial charge in [0.2, 0.25) is 0 Å². The molecule has 1 aliphatic rings. The summed E-state index contributed by atoms with van der Waals surface area (Å²) in [7, 11) is 1.68. The van der Waals surface area contributed by atoms with E-state index in [9.17, 15) is 5.11 Å². The summed E-state index contributed by atoms with van der Waals surface area (Å²) in [5, 5.41) is 10.9. The van der Waals surface area contributed by atoms with Crippen LogP contribution in [0.2, 0.25) is 5.02 Å². The number of aliphatic hydroxyl groups is 1. The minimum atomic E-state index is -0.559. The maximum absolute atomic E-state index is 10.3. The van der Waals surface area contributed by atoms with Gasteiger partial charge in [-0.25, -0.2) is 0 Å². The Kier molecular flexibility index (Phi) is 4.15. The van der Waals surface area contributed by atoms with Crippen molar-refractivity contribution in [2.45, 2.75) is 25.2 Å². The highest BCUT2D eigenvalue weighted by Gasteiger charge is 2.28. The second-order valence-corrected chi connectivity index (χ2v) is 5.65. The van der Waals surface area contributed by atoms with E-state index >= 15 is 0 Å². The molecule has 1 unspecified atom stereocenters. The Bertz CT molecular complexity index is 624. The lowest BCUT2D eigenvalue weighted by Gasteiger charge is -2.30. The summed E-state index contributed by atoms with van der Waals surface area (Å²) in [5.74, 6) is 0.698. The third-order valence-electron chi connectivity index (χ3n) is 3.70. The number of halogens is 1. The molecule has 3 nitrogen and oxygen atoms in total. The molecule has 0 spiro atoms. The largest absolute Gasteiger partial charge is 0.485 e. The molecule has 0 fully saturated rings. The van der Waals surface area contributed by atoms with Crippen molar-refractivity contribution in [1.82, 2.24) is 0 Å². The Labute approximate surface area is 129 Å². The number of rotatable bonds is 3. The average molecular weight is 305 g/mol. The molecule has 4 heteroatoms. The van der Waals surface area contributed by atoms with Crippen molar-refractivity contribution in [3.8, 4) is 5.75 Å². The number of hydrogen-bond acceptors (Lipinski definition) is 3. The molecule has 3 rings (SSSR count). The van der Waals surface area contributed by atoms with Crippen molar-refractivity contribution in [2.24, 2.45) is 0 Å². The molecule has 0 aromatic heterocycles. The number of methoxy groups -OCH3 is 1. The first-order valence-electron chi connectivity index (χ1n) is 6.89. The van der Waals surface area contributed by atoms with Crippen molar-refractivity contribution in [3.05, 3.63) is 64.2 Å². The van der Waals surface area contributed by atoms with Gasteiger partial charge in [0.05, 0.1) is 12.7 Å². The molecule has 2 aromatic carbocycles. The van der Waals surface area contributed by atoms with Crippen LogP contribution in [-0.4, -0.2) is 12.2 Å². The van der Waals surface area contributed by atoms with Crippen molar-refractivity contribution < 1.29 is 14.6 Å². The van der Waals surface area contributed by atoms with Gasteiger partial charge in [-0.2, -0.15) is 0 Å². The summed E-state index contributed by atoms with van der Waals surface area (Å²) in [6.45, 7) is 0.593. The van der Waals surface area contributed by atoms with Crippen LogP contribution in [0, 0.1) is 0 Å². The van der Waals surface area contributed by atoms with Crippen LogP contribution in [0.15, 0.2) is 42.5 Å². The number of hydrogen-bond donors (Lipinski definition) is 1. The second-order valence-electron chi connectivity index (χ2n) is 5.21. The molecule has 0 saturated heterocycles. The molecule has 0 bridgehead atoms. The van der Waals surface area contributed by atoms with Crippen LogP contribution in [0.25, 0.3) is 0 Å². The standard InChI is InChI=1S/C17H17ClO3/c1-20-10-11-2-4-12(5-3-11)17-9-15(19)14-8-13(18)6-7-16(14)21-17/h2-8,15,17,19H,9-10H2,1H3/t15-,17?/m0/s1. The number of aliphatic hydroxyl groups excluding tert-OH is 1. The summed E-state index contributed by atoms with van der Waals surface area (Å²) in [4.78, 5) is 0. The lowest BCUT2D eigenvalue weighted by molar-refractivity contribution is 0.0657. The Hall–Kier alpha value is -1.55. The fraction of sp³-hybridized carbons (Fsp3) is 0.294. The molecule has 2 atom stereocenters. The molecule has 1 N–H and O–H groups in total. The fourth-order valence-electron chi connectivity index (χ4n) is 2.62. The van der Waals surface area contributed by atoms with Crippen molar-refractivity contribution in [1.29, 1.82) is 0 Å². The van der Waals surface area contributed by atoms with Crippen LogP contribution >= 0.6 is 11.6 Å². The lowest BCUT2D eigenvalue weighted by Crippen LogP contribution is -2.19. The van der Waals surface area contributed by atoms with E-state index in [0.29, 0.717) is 23.8 Å². The Morgan fingerprint density at radius 3 is 2.71 bits per heavy atom. The molecule has 0 amide bonds. The number of fused-ring (bicyclic) bond motifs is 1. The van der Waals surface area contributed by atoms with Gasteiger partial charge in [0.25, 0.3) is 0 Å². The first-order valence-corrected chi connectivity index (χ1v) is 7.27. The van der Waals surface area contributed by atoms with Gasteiger partial charge in [-0.1, -0.05) is 35.9 Å². The van der Waals surface area contributed by atoms with Crippen LogP contribution in [0.1, 0.15) is 35.3 Å². The van der Waals surface area contributed by atoms with Crippen LogP contribution in [0.4, 0.5) is 0 Å². The van der Waals surface area contributed by atoms with E-state index < -0.39 is 6.10 Å². The van der Waals surface area contributed by atoms with Gasteiger partial charge < -0.3 is 14.6 Å². The summed E-state index contributed by atoms with van der Waals surface area (Å²) in [6, 6.07) is 13.4. The molecule has 1 heterocycles. The Morgan fingerprint density at radius 2 is 2.00 bits per heavy atom. The highest BCUT2D eigenvalue weighted by molar-refractivity contribution is 6.30. The fourth-order valence-corrected chi connectivity index (χ4v) is 2.80. The smallest absolute Gasteiger partial charge is 0.127 e. The summed E-state index contributed by atoms with van der Waals surface area (Å²) in [6.07, 6.45) is -0.182. The normalized spacial score (nSPS) is 20.7. The summed E-state index contributed by atoms with van der Waals surface area (Å²) in [5.41, 5.74) is 2.93. The lowest BCUT2D eigenvalue weighted by atomic mass is 9.94. The van der Waals surface area contributed by atoms with E-state index in [4.69, 9.17) is 21.1 Å². The minimum Gasteiger partial charge on any atom is -0.485 e.